The summed E-state index contributed by atoms with van der Waals surface area (Å²) in [7, 11) is 0. The van der Waals surface area contributed by atoms with Crippen LogP contribution in [0.5, 0.6) is 5.75 Å². The number of rotatable bonds is 5. The van der Waals surface area contributed by atoms with E-state index in [0.717, 1.165) is 12.4 Å². The van der Waals surface area contributed by atoms with Crippen LogP contribution in [0.1, 0.15) is 22.8 Å². The van der Waals surface area contributed by atoms with Crippen LogP contribution in [-0.2, 0) is 4.74 Å². The third-order valence-corrected chi connectivity index (χ3v) is 3.33. The molecule has 1 aliphatic heterocycles. The van der Waals surface area contributed by atoms with Gasteiger partial charge in [-0.1, -0.05) is 30.3 Å². The van der Waals surface area contributed by atoms with E-state index in [1.807, 2.05) is 49.4 Å². The van der Waals surface area contributed by atoms with Crippen molar-refractivity contribution < 1.29 is 14.3 Å². The second-order valence-corrected chi connectivity index (χ2v) is 5.25. The second-order valence-electron chi connectivity index (χ2n) is 5.25. The summed E-state index contributed by atoms with van der Waals surface area (Å²) in [5.41, 5.74) is 1.23. The molecular formula is C17H16O3. The number of carbonyl (C=O) groups excluding carboxylic acids is 1. The van der Waals surface area contributed by atoms with Crippen LogP contribution < -0.4 is 4.74 Å². The Morgan fingerprint density at radius 1 is 1.10 bits per heavy atom. The minimum atomic E-state index is -0.126. The average molecular weight is 268 g/mol. The summed E-state index contributed by atoms with van der Waals surface area (Å²) in [5, 5.41) is 0. The van der Waals surface area contributed by atoms with E-state index in [2.05, 4.69) is 0 Å². The van der Waals surface area contributed by atoms with Gasteiger partial charge in [-0.25, -0.2) is 0 Å². The van der Waals surface area contributed by atoms with Gasteiger partial charge in [0.1, 0.15) is 18.0 Å². The van der Waals surface area contributed by atoms with Gasteiger partial charge in [-0.2, -0.15) is 0 Å². The van der Waals surface area contributed by atoms with Crippen LogP contribution in [0.15, 0.2) is 54.6 Å². The maximum atomic E-state index is 12.2. The summed E-state index contributed by atoms with van der Waals surface area (Å²) in [6.07, 6.45) is 0. The molecular weight excluding hydrogens is 252 g/mol. The average Bonchev–Trinajstić information content (AvgIpc) is 3.24. The fourth-order valence-corrected chi connectivity index (χ4v) is 1.90. The summed E-state index contributed by atoms with van der Waals surface area (Å²) in [6, 6.07) is 16.5. The molecule has 1 heterocycles. The molecule has 0 saturated carbocycles. The summed E-state index contributed by atoms with van der Waals surface area (Å²) >= 11 is 0. The van der Waals surface area contributed by atoms with Crippen LogP contribution in [0, 0.1) is 0 Å². The fourth-order valence-electron chi connectivity index (χ4n) is 1.90. The molecule has 3 nitrogen and oxygen atoms in total. The number of carbonyl (C=O) groups is 1. The third-order valence-electron chi connectivity index (χ3n) is 3.33. The summed E-state index contributed by atoms with van der Waals surface area (Å²) < 4.78 is 10.9. The lowest BCUT2D eigenvalue weighted by atomic mass is 10.0. The van der Waals surface area contributed by atoms with E-state index in [1.165, 1.54) is 0 Å². The van der Waals surface area contributed by atoms with Crippen LogP contribution in [0.4, 0.5) is 0 Å². The number of hydrogen-bond acceptors (Lipinski definition) is 3. The first-order valence-corrected chi connectivity index (χ1v) is 6.63. The molecule has 20 heavy (non-hydrogen) atoms. The zero-order valence-corrected chi connectivity index (χ0v) is 11.3. The number of epoxide rings is 1. The van der Waals surface area contributed by atoms with E-state index in [-0.39, 0.29) is 11.4 Å². The molecule has 0 aromatic heterocycles. The van der Waals surface area contributed by atoms with Crippen molar-refractivity contribution in [1.29, 1.82) is 0 Å². The van der Waals surface area contributed by atoms with Crippen molar-refractivity contribution in [2.45, 2.75) is 12.5 Å². The van der Waals surface area contributed by atoms with Gasteiger partial charge in [-0.05, 0) is 31.2 Å². The summed E-state index contributed by atoms with van der Waals surface area (Å²) in [6.45, 7) is 3.30. The van der Waals surface area contributed by atoms with Crippen molar-refractivity contribution in [3.05, 3.63) is 65.7 Å². The Hall–Kier alpha value is -2.13. The van der Waals surface area contributed by atoms with E-state index < -0.39 is 0 Å². The maximum Gasteiger partial charge on any atom is 0.193 e. The van der Waals surface area contributed by atoms with Crippen LogP contribution in [0.3, 0.4) is 0 Å². The standard InChI is InChI=1S/C17H16O3/c1-17(12-20-17)11-19-15-9-7-14(8-10-15)16(18)13-5-3-2-4-6-13/h2-10H,11-12H2,1H3. The van der Waals surface area contributed by atoms with Gasteiger partial charge in [0.15, 0.2) is 5.78 Å². The van der Waals surface area contributed by atoms with Crippen LogP contribution >= 0.6 is 0 Å². The number of ether oxygens (including phenoxy) is 2. The van der Waals surface area contributed by atoms with E-state index in [1.54, 1.807) is 12.1 Å². The molecule has 0 bridgehead atoms. The third kappa shape index (κ3) is 2.89. The van der Waals surface area contributed by atoms with Gasteiger partial charge in [-0.3, -0.25) is 4.79 Å². The number of benzene rings is 2. The van der Waals surface area contributed by atoms with Crippen molar-refractivity contribution in [1.82, 2.24) is 0 Å². The molecule has 0 aliphatic carbocycles. The van der Waals surface area contributed by atoms with Gasteiger partial charge >= 0.3 is 0 Å². The topological polar surface area (TPSA) is 38.8 Å². The Bertz CT molecular complexity index is 598. The van der Waals surface area contributed by atoms with Gasteiger partial charge in [0, 0.05) is 11.1 Å². The number of hydrogen-bond donors (Lipinski definition) is 0. The number of ketones is 1. The summed E-state index contributed by atoms with van der Waals surface area (Å²) in [4.78, 5) is 12.2. The smallest absolute Gasteiger partial charge is 0.193 e. The van der Waals surface area contributed by atoms with Crippen molar-refractivity contribution >= 4 is 5.78 Å². The minimum Gasteiger partial charge on any atom is -0.491 e. The lowest BCUT2D eigenvalue weighted by Gasteiger charge is -2.09. The van der Waals surface area contributed by atoms with Crippen LogP contribution in [0.25, 0.3) is 0 Å². The molecule has 2 aromatic rings. The zero-order chi connectivity index (χ0) is 14.0. The fraction of sp³-hybridized carbons (Fsp3) is 0.235. The Morgan fingerprint density at radius 3 is 2.30 bits per heavy atom. The molecule has 1 atom stereocenters. The molecule has 1 aliphatic rings. The Kier molecular flexibility index (Phi) is 3.28. The van der Waals surface area contributed by atoms with E-state index in [9.17, 15) is 4.79 Å². The Morgan fingerprint density at radius 2 is 1.70 bits per heavy atom. The van der Waals surface area contributed by atoms with Crippen molar-refractivity contribution in [3.63, 3.8) is 0 Å². The van der Waals surface area contributed by atoms with E-state index in [0.29, 0.717) is 17.7 Å². The predicted octanol–water partition coefficient (Wildman–Crippen LogP) is 3.09. The van der Waals surface area contributed by atoms with Gasteiger partial charge in [0.05, 0.1) is 6.61 Å². The molecule has 0 radical (unpaired) electrons. The minimum absolute atomic E-state index is 0.0228. The lowest BCUT2D eigenvalue weighted by Crippen LogP contribution is -2.16. The second kappa shape index (κ2) is 5.10. The molecule has 1 saturated heterocycles. The van der Waals surface area contributed by atoms with Crippen LogP contribution in [-0.4, -0.2) is 24.6 Å². The molecule has 102 valence electrons. The van der Waals surface area contributed by atoms with Gasteiger partial charge < -0.3 is 9.47 Å². The maximum absolute atomic E-state index is 12.2. The van der Waals surface area contributed by atoms with Crippen molar-refractivity contribution in [3.8, 4) is 5.75 Å². The van der Waals surface area contributed by atoms with Gasteiger partial charge in [0.2, 0.25) is 0 Å². The Labute approximate surface area is 118 Å². The van der Waals surface area contributed by atoms with E-state index in [4.69, 9.17) is 9.47 Å². The zero-order valence-electron chi connectivity index (χ0n) is 11.3. The molecule has 3 heteroatoms. The summed E-state index contributed by atoms with van der Waals surface area (Å²) in [5.74, 6) is 0.779. The first-order valence-electron chi connectivity index (χ1n) is 6.63. The monoisotopic (exact) mass is 268 g/mol. The normalized spacial score (nSPS) is 20.4. The molecule has 1 unspecified atom stereocenters. The molecule has 0 spiro atoms. The first-order chi connectivity index (χ1) is 9.66. The lowest BCUT2D eigenvalue weighted by molar-refractivity contribution is 0.103. The quantitative estimate of drug-likeness (QED) is 0.618. The molecule has 0 amide bonds. The van der Waals surface area contributed by atoms with Gasteiger partial charge in [0.25, 0.3) is 0 Å². The SMILES string of the molecule is CC1(COc2ccc(C(=O)c3ccccc3)cc2)CO1. The molecule has 0 N–H and O–H groups in total. The largest absolute Gasteiger partial charge is 0.491 e. The highest BCUT2D eigenvalue weighted by molar-refractivity contribution is 6.08. The first kappa shape index (κ1) is 12.9. The Balaban J connectivity index is 1.68. The van der Waals surface area contributed by atoms with Crippen molar-refractivity contribution in [2.24, 2.45) is 0 Å². The molecule has 1 fully saturated rings. The van der Waals surface area contributed by atoms with Gasteiger partial charge in [-0.15, -0.1) is 0 Å². The highest BCUT2D eigenvalue weighted by Crippen LogP contribution is 2.27. The van der Waals surface area contributed by atoms with Crippen molar-refractivity contribution in [2.75, 3.05) is 13.2 Å². The predicted molar refractivity (Wildman–Crippen MR) is 76.2 cm³/mol. The highest BCUT2D eigenvalue weighted by Gasteiger charge is 2.40. The van der Waals surface area contributed by atoms with E-state index >= 15 is 0 Å². The van der Waals surface area contributed by atoms with Crippen LogP contribution in [0.2, 0.25) is 0 Å². The molecule has 3 rings (SSSR count). The highest BCUT2D eigenvalue weighted by atomic mass is 16.6. The molecule has 2 aromatic carbocycles.